The number of anilines is 2. The molecule has 3 aliphatic heterocycles. The highest BCUT2D eigenvalue weighted by atomic mass is 16.5. The van der Waals surface area contributed by atoms with Crippen LogP contribution in [0.2, 0.25) is 0 Å². The number of carbonyl (C=O) groups excluding carboxylic acids is 1. The first-order chi connectivity index (χ1) is 14.8. The maximum atomic E-state index is 12.4. The molecule has 4 heterocycles. The van der Waals surface area contributed by atoms with Crippen LogP contribution in [0.1, 0.15) is 32.1 Å². The maximum absolute atomic E-state index is 12.4. The van der Waals surface area contributed by atoms with E-state index in [9.17, 15) is 4.79 Å². The Bertz CT molecular complexity index is 703. The predicted octanol–water partition coefficient (Wildman–Crippen LogP) is 1.23. The molecule has 1 aromatic rings. The van der Waals surface area contributed by atoms with E-state index in [1.165, 1.54) is 19.3 Å². The zero-order chi connectivity index (χ0) is 20.3. The molecule has 1 atom stereocenters. The molecule has 8 nitrogen and oxygen atoms in total. The third kappa shape index (κ3) is 4.39. The van der Waals surface area contributed by atoms with Crippen LogP contribution in [0, 0.1) is 5.92 Å². The van der Waals surface area contributed by atoms with E-state index in [0.717, 1.165) is 90.0 Å². The number of piperazine rings is 2. The first kappa shape index (κ1) is 20.0. The second-order valence-corrected chi connectivity index (χ2v) is 9.11. The second-order valence-electron chi connectivity index (χ2n) is 9.11. The molecule has 1 unspecified atom stereocenters. The number of rotatable bonds is 5. The van der Waals surface area contributed by atoms with Gasteiger partial charge in [-0.2, -0.15) is 0 Å². The van der Waals surface area contributed by atoms with Crippen molar-refractivity contribution in [3.05, 3.63) is 12.1 Å². The minimum Gasteiger partial charge on any atom is -0.377 e. The van der Waals surface area contributed by atoms with Crippen molar-refractivity contribution in [2.24, 2.45) is 5.92 Å². The lowest BCUT2D eigenvalue weighted by Crippen LogP contribution is -2.51. The van der Waals surface area contributed by atoms with Gasteiger partial charge in [0.05, 0.1) is 6.10 Å². The lowest BCUT2D eigenvalue weighted by molar-refractivity contribution is -0.138. The van der Waals surface area contributed by atoms with Gasteiger partial charge in [0.25, 0.3) is 0 Å². The van der Waals surface area contributed by atoms with E-state index in [1.807, 2.05) is 4.90 Å². The summed E-state index contributed by atoms with van der Waals surface area (Å²) in [6, 6.07) is 4.19. The van der Waals surface area contributed by atoms with E-state index in [2.05, 4.69) is 37.0 Å². The smallest absolute Gasteiger partial charge is 0.225 e. The van der Waals surface area contributed by atoms with Crippen LogP contribution in [0.15, 0.2) is 12.1 Å². The van der Waals surface area contributed by atoms with Crippen LogP contribution < -0.4 is 9.80 Å². The fraction of sp³-hybridized carbons (Fsp3) is 0.773. The summed E-state index contributed by atoms with van der Waals surface area (Å²) in [6.45, 7) is 9.36. The summed E-state index contributed by atoms with van der Waals surface area (Å²) < 4.78 is 5.77. The minimum atomic E-state index is 0.293. The molecule has 0 radical (unpaired) electrons. The van der Waals surface area contributed by atoms with Gasteiger partial charge >= 0.3 is 0 Å². The third-order valence-corrected chi connectivity index (χ3v) is 7.19. The van der Waals surface area contributed by atoms with Crippen LogP contribution in [0.5, 0.6) is 0 Å². The van der Waals surface area contributed by atoms with Crippen LogP contribution in [0.3, 0.4) is 0 Å². The van der Waals surface area contributed by atoms with Gasteiger partial charge in [0.1, 0.15) is 0 Å². The van der Waals surface area contributed by atoms with Crippen molar-refractivity contribution >= 4 is 17.5 Å². The molecule has 0 N–H and O–H groups in total. The molecule has 1 aromatic heterocycles. The predicted molar refractivity (Wildman–Crippen MR) is 116 cm³/mol. The summed E-state index contributed by atoms with van der Waals surface area (Å²) in [4.78, 5) is 21.6. The highest BCUT2D eigenvalue weighted by molar-refractivity contribution is 5.79. The molecule has 0 spiro atoms. The van der Waals surface area contributed by atoms with Crippen molar-refractivity contribution in [3.63, 3.8) is 0 Å². The van der Waals surface area contributed by atoms with Gasteiger partial charge in [-0.05, 0) is 37.8 Å². The zero-order valence-corrected chi connectivity index (χ0v) is 17.9. The lowest BCUT2D eigenvalue weighted by Gasteiger charge is -2.38. The van der Waals surface area contributed by atoms with Crippen molar-refractivity contribution in [2.75, 3.05) is 75.3 Å². The normalized spacial score (nSPS) is 26.1. The Morgan fingerprint density at radius 1 is 0.867 bits per heavy atom. The second kappa shape index (κ2) is 9.06. The minimum absolute atomic E-state index is 0.293. The largest absolute Gasteiger partial charge is 0.377 e. The van der Waals surface area contributed by atoms with Gasteiger partial charge in [0.15, 0.2) is 11.6 Å². The fourth-order valence-corrected chi connectivity index (χ4v) is 4.96. The van der Waals surface area contributed by atoms with E-state index in [1.54, 1.807) is 0 Å². The molecule has 8 heteroatoms. The molecule has 1 amide bonds. The Labute approximate surface area is 179 Å². The molecule has 5 rings (SSSR count). The average molecular weight is 415 g/mol. The number of hydrogen-bond acceptors (Lipinski definition) is 7. The first-order valence-corrected chi connectivity index (χ1v) is 11.7. The van der Waals surface area contributed by atoms with Crippen molar-refractivity contribution in [1.29, 1.82) is 0 Å². The number of amides is 1. The summed E-state index contributed by atoms with van der Waals surface area (Å²) in [6.07, 6.45) is 6.21. The SMILES string of the molecule is O=C(C1CCC1)N1CCN(c2ccc(N3CCN(CC4CCCO4)CC3)nn2)CC1. The van der Waals surface area contributed by atoms with Crippen LogP contribution in [0.4, 0.5) is 11.6 Å². The standard InChI is InChI=1S/C22H34N6O2/c29-22(18-3-1-4-18)28-14-12-27(13-15-28)21-7-6-20(23-24-21)26-10-8-25(9-11-26)17-19-5-2-16-30-19/h6-7,18-19H,1-5,8-17H2. The number of aromatic nitrogens is 2. The first-order valence-electron chi connectivity index (χ1n) is 11.7. The Morgan fingerprint density at radius 3 is 2.00 bits per heavy atom. The number of carbonyl (C=O) groups is 1. The Morgan fingerprint density at radius 2 is 1.50 bits per heavy atom. The highest BCUT2D eigenvalue weighted by Gasteiger charge is 2.31. The van der Waals surface area contributed by atoms with Crippen molar-refractivity contribution in [1.82, 2.24) is 20.0 Å². The molecule has 1 saturated carbocycles. The van der Waals surface area contributed by atoms with Crippen molar-refractivity contribution in [3.8, 4) is 0 Å². The molecule has 30 heavy (non-hydrogen) atoms. The van der Waals surface area contributed by atoms with Crippen LogP contribution >= 0.6 is 0 Å². The average Bonchev–Trinajstić information content (AvgIpc) is 3.26. The van der Waals surface area contributed by atoms with Crippen LogP contribution in [0.25, 0.3) is 0 Å². The summed E-state index contributed by atoms with van der Waals surface area (Å²) >= 11 is 0. The van der Waals surface area contributed by atoms with Gasteiger partial charge < -0.3 is 19.4 Å². The Kier molecular flexibility index (Phi) is 6.04. The molecule has 4 fully saturated rings. The van der Waals surface area contributed by atoms with Gasteiger partial charge in [-0.1, -0.05) is 6.42 Å². The van der Waals surface area contributed by atoms with Gasteiger partial charge in [-0.3, -0.25) is 9.69 Å². The van der Waals surface area contributed by atoms with E-state index < -0.39 is 0 Å². The summed E-state index contributed by atoms with van der Waals surface area (Å²) in [5.74, 6) is 2.54. The number of hydrogen-bond donors (Lipinski definition) is 0. The summed E-state index contributed by atoms with van der Waals surface area (Å²) in [5.41, 5.74) is 0. The quantitative estimate of drug-likeness (QED) is 0.718. The van der Waals surface area contributed by atoms with E-state index >= 15 is 0 Å². The molecule has 4 aliphatic rings. The van der Waals surface area contributed by atoms with E-state index in [0.29, 0.717) is 17.9 Å². The van der Waals surface area contributed by atoms with Gasteiger partial charge in [0, 0.05) is 71.4 Å². The molecular weight excluding hydrogens is 380 g/mol. The fourth-order valence-electron chi connectivity index (χ4n) is 4.96. The van der Waals surface area contributed by atoms with E-state index in [-0.39, 0.29) is 0 Å². The third-order valence-electron chi connectivity index (χ3n) is 7.19. The molecule has 0 aromatic carbocycles. The van der Waals surface area contributed by atoms with Crippen LogP contribution in [-0.2, 0) is 9.53 Å². The number of ether oxygens (including phenoxy) is 1. The van der Waals surface area contributed by atoms with Crippen LogP contribution in [-0.4, -0.2) is 97.5 Å². The molecule has 164 valence electrons. The lowest BCUT2D eigenvalue weighted by atomic mass is 9.84. The van der Waals surface area contributed by atoms with Crippen molar-refractivity contribution < 1.29 is 9.53 Å². The highest BCUT2D eigenvalue weighted by Crippen LogP contribution is 2.29. The number of nitrogens with zero attached hydrogens (tertiary/aromatic N) is 6. The maximum Gasteiger partial charge on any atom is 0.225 e. The zero-order valence-electron chi connectivity index (χ0n) is 17.9. The Hall–Kier alpha value is -1.93. The van der Waals surface area contributed by atoms with Gasteiger partial charge in [0.2, 0.25) is 5.91 Å². The summed E-state index contributed by atoms with van der Waals surface area (Å²) in [5, 5.41) is 9.03. The topological polar surface area (TPSA) is 65.0 Å². The monoisotopic (exact) mass is 414 g/mol. The van der Waals surface area contributed by atoms with E-state index in [4.69, 9.17) is 4.74 Å². The molecule has 0 bridgehead atoms. The molecule has 3 saturated heterocycles. The Balaban J connectivity index is 1.09. The van der Waals surface area contributed by atoms with Gasteiger partial charge in [-0.15, -0.1) is 10.2 Å². The molecular formula is C22H34N6O2. The molecule has 1 aliphatic carbocycles. The summed E-state index contributed by atoms with van der Waals surface area (Å²) in [7, 11) is 0. The van der Waals surface area contributed by atoms with Crippen molar-refractivity contribution in [2.45, 2.75) is 38.2 Å². The van der Waals surface area contributed by atoms with Gasteiger partial charge in [-0.25, -0.2) is 0 Å².